The third-order valence-corrected chi connectivity index (χ3v) is 4.99. The van der Waals surface area contributed by atoms with Crippen molar-refractivity contribution >= 4 is 22.8 Å². The minimum Gasteiger partial charge on any atom is -0.497 e. The van der Waals surface area contributed by atoms with Crippen molar-refractivity contribution in [1.82, 2.24) is 9.47 Å². The van der Waals surface area contributed by atoms with E-state index >= 15 is 0 Å². The zero-order chi connectivity index (χ0) is 19.0. The molecule has 0 unspecified atom stereocenters. The number of nitrogens with one attached hydrogen (secondary N) is 1. The van der Waals surface area contributed by atoms with Gasteiger partial charge in [0.25, 0.3) is 0 Å². The van der Waals surface area contributed by atoms with Crippen molar-refractivity contribution in [2.75, 3.05) is 19.0 Å². The van der Waals surface area contributed by atoms with E-state index in [4.69, 9.17) is 9.15 Å². The summed E-state index contributed by atoms with van der Waals surface area (Å²) >= 11 is 0. The normalized spacial score (nSPS) is 16.2. The number of amides is 2. The van der Waals surface area contributed by atoms with Crippen LogP contribution in [0.5, 0.6) is 5.75 Å². The SMILES string of the molecule is CCn1c(=O)oc2cc(NC(=O)N3CC[C@H]3c3cccc(OC)c3)ccc21. The lowest BCUT2D eigenvalue weighted by atomic mass is 9.95. The van der Waals surface area contributed by atoms with Gasteiger partial charge in [-0.2, -0.15) is 0 Å². The molecule has 1 aliphatic heterocycles. The number of ether oxygens (including phenoxy) is 1. The van der Waals surface area contributed by atoms with E-state index in [1.165, 1.54) is 0 Å². The lowest BCUT2D eigenvalue weighted by molar-refractivity contribution is 0.126. The van der Waals surface area contributed by atoms with Crippen LogP contribution in [0.3, 0.4) is 0 Å². The van der Waals surface area contributed by atoms with Gasteiger partial charge in [0.1, 0.15) is 5.75 Å². The quantitative estimate of drug-likeness (QED) is 0.764. The summed E-state index contributed by atoms with van der Waals surface area (Å²) in [7, 11) is 1.63. The van der Waals surface area contributed by atoms with Crippen LogP contribution in [0.25, 0.3) is 11.1 Å². The van der Waals surface area contributed by atoms with E-state index in [1.54, 1.807) is 34.8 Å². The van der Waals surface area contributed by atoms with Crippen molar-refractivity contribution < 1.29 is 13.9 Å². The molecule has 7 heteroatoms. The van der Waals surface area contributed by atoms with Crippen molar-refractivity contribution in [3.8, 4) is 5.75 Å². The van der Waals surface area contributed by atoms with Crippen molar-refractivity contribution in [3.05, 3.63) is 58.6 Å². The summed E-state index contributed by atoms with van der Waals surface area (Å²) in [6, 6.07) is 12.9. The molecule has 1 saturated heterocycles. The number of aryl methyl sites for hydroxylation is 1. The average Bonchev–Trinajstić information content (AvgIpc) is 2.95. The van der Waals surface area contributed by atoms with Gasteiger partial charge in [-0.3, -0.25) is 4.57 Å². The molecular formula is C20H21N3O4. The van der Waals surface area contributed by atoms with Gasteiger partial charge in [0.15, 0.2) is 5.58 Å². The molecule has 0 saturated carbocycles. The predicted octanol–water partition coefficient (Wildman–Crippen LogP) is 3.60. The summed E-state index contributed by atoms with van der Waals surface area (Å²) < 4.78 is 12.1. The second-order valence-corrected chi connectivity index (χ2v) is 6.50. The molecule has 0 radical (unpaired) electrons. The van der Waals surface area contributed by atoms with Gasteiger partial charge in [-0.05, 0) is 43.2 Å². The third-order valence-electron chi connectivity index (χ3n) is 4.99. The molecule has 2 amide bonds. The number of hydrogen-bond donors (Lipinski definition) is 1. The Morgan fingerprint density at radius 1 is 1.30 bits per heavy atom. The Hall–Kier alpha value is -3.22. The first kappa shape index (κ1) is 17.2. The van der Waals surface area contributed by atoms with Crippen LogP contribution in [0.2, 0.25) is 0 Å². The van der Waals surface area contributed by atoms with E-state index in [2.05, 4.69) is 5.32 Å². The summed E-state index contributed by atoms with van der Waals surface area (Å²) in [6.07, 6.45) is 0.911. The number of carbonyl (C=O) groups is 1. The number of urea groups is 1. The second-order valence-electron chi connectivity index (χ2n) is 6.50. The van der Waals surface area contributed by atoms with Crippen LogP contribution in [-0.2, 0) is 6.54 Å². The fourth-order valence-corrected chi connectivity index (χ4v) is 3.46. The molecule has 27 heavy (non-hydrogen) atoms. The minimum atomic E-state index is -0.392. The Kier molecular flexibility index (Phi) is 4.35. The number of likely N-dealkylation sites (tertiary alicyclic amines) is 1. The summed E-state index contributed by atoms with van der Waals surface area (Å²) in [5, 5.41) is 2.90. The third kappa shape index (κ3) is 3.05. The molecule has 0 aliphatic carbocycles. The Labute approximate surface area is 156 Å². The van der Waals surface area contributed by atoms with Gasteiger partial charge in [0, 0.05) is 24.8 Å². The topological polar surface area (TPSA) is 76.7 Å². The fraction of sp³-hybridized carbons (Fsp3) is 0.300. The first-order valence-corrected chi connectivity index (χ1v) is 8.95. The van der Waals surface area contributed by atoms with E-state index in [1.807, 2.05) is 31.2 Å². The van der Waals surface area contributed by atoms with Crippen molar-refractivity contribution in [1.29, 1.82) is 0 Å². The molecule has 7 nitrogen and oxygen atoms in total. The van der Waals surface area contributed by atoms with Crippen LogP contribution in [0.4, 0.5) is 10.5 Å². The highest BCUT2D eigenvalue weighted by atomic mass is 16.5. The maximum atomic E-state index is 12.7. The second kappa shape index (κ2) is 6.83. The predicted molar refractivity (Wildman–Crippen MR) is 102 cm³/mol. The molecular weight excluding hydrogens is 346 g/mol. The molecule has 140 valence electrons. The maximum Gasteiger partial charge on any atom is 0.419 e. The summed E-state index contributed by atoms with van der Waals surface area (Å²) in [6.45, 7) is 3.11. The molecule has 1 aromatic heterocycles. The van der Waals surface area contributed by atoms with E-state index in [9.17, 15) is 9.59 Å². The number of benzene rings is 2. The number of anilines is 1. The Morgan fingerprint density at radius 2 is 2.15 bits per heavy atom. The maximum absolute atomic E-state index is 12.7. The van der Waals surface area contributed by atoms with E-state index in [0.717, 1.165) is 23.3 Å². The zero-order valence-electron chi connectivity index (χ0n) is 15.3. The largest absolute Gasteiger partial charge is 0.497 e. The number of rotatable bonds is 4. The molecule has 4 rings (SSSR count). The molecule has 2 aromatic carbocycles. The highest BCUT2D eigenvalue weighted by Gasteiger charge is 2.33. The molecule has 1 aliphatic rings. The number of aromatic nitrogens is 1. The van der Waals surface area contributed by atoms with Crippen LogP contribution >= 0.6 is 0 Å². The highest BCUT2D eigenvalue weighted by molar-refractivity contribution is 5.92. The average molecular weight is 367 g/mol. The molecule has 1 N–H and O–H groups in total. The van der Waals surface area contributed by atoms with Crippen LogP contribution in [0.1, 0.15) is 24.9 Å². The first-order valence-electron chi connectivity index (χ1n) is 8.95. The minimum absolute atomic E-state index is 0.0305. The monoisotopic (exact) mass is 367 g/mol. The van der Waals surface area contributed by atoms with Crippen LogP contribution < -0.4 is 15.8 Å². The van der Waals surface area contributed by atoms with Crippen LogP contribution in [-0.4, -0.2) is 29.2 Å². The molecule has 0 bridgehead atoms. The zero-order valence-corrected chi connectivity index (χ0v) is 15.3. The molecule has 0 spiro atoms. The molecule has 1 atom stereocenters. The summed E-state index contributed by atoms with van der Waals surface area (Å²) in [4.78, 5) is 26.3. The van der Waals surface area contributed by atoms with Crippen molar-refractivity contribution in [2.24, 2.45) is 0 Å². The number of nitrogens with zero attached hydrogens (tertiary/aromatic N) is 2. The Balaban J connectivity index is 1.52. The fourth-order valence-electron chi connectivity index (χ4n) is 3.46. The summed E-state index contributed by atoms with van der Waals surface area (Å²) in [5.74, 6) is 0.387. The number of hydrogen-bond acceptors (Lipinski definition) is 4. The van der Waals surface area contributed by atoms with E-state index in [0.29, 0.717) is 24.4 Å². The standard InChI is InChI=1S/C20H21N3O4/c1-3-22-17-8-7-14(12-18(17)27-20(22)25)21-19(24)23-10-9-16(23)13-5-4-6-15(11-13)26-2/h4-8,11-12,16H,3,9-10H2,1-2H3,(H,21,24)/t16-/m0/s1. The Bertz CT molecular complexity index is 1050. The van der Waals surface area contributed by atoms with E-state index < -0.39 is 5.76 Å². The number of methoxy groups -OCH3 is 1. The lowest BCUT2D eigenvalue weighted by Crippen LogP contribution is -2.47. The lowest BCUT2D eigenvalue weighted by Gasteiger charge is -2.41. The van der Waals surface area contributed by atoms with Gasteiger partial charge < -0.3 is 19.4 Å². The van der Waals surface area contributed by atoms with Gasteiger partial charge in [0.2, 0.25) is 0 Å². The molecule has 3 aromatic rings. The van der Waals surface area contributed by atoms with Gasteiger partial charge >= 0.3 is 11.8 Å². The van der Waals surface area contributed by atoms with Crippen LogP contribution in [0, 0.1) is 0 Å². The van der Waals surface area contributed by atoms with Crippen molar-refractivity contribution in [2.45, 2.75) is 25.9 Å². The van der Waals surface area contributed by atoms with Crippen LogP contribution in [0.15, 0.2) is 51.7 Å². The molecule has 2 heterocycles. The van der Waals surface area contributed by atoms with Crippen molar-refractivity contribution in [3.63, 3.8) is 0 Å². The smallest absolute Gasteiger partial charge is 0.419 e. The number of carbonyl (C=O) groups excluding carboxylic acids is 1. The number of fused-ring (bicyclic) bond motifs is 1. The van der Waals surface area contributed by atoms with Gasteiger partial charge in [-0.15, -0.1) is 0 Å². The van der Waals surface area contributed by atoms with Gasteiger partial charge in [0.05, 0.1) is 18.7 Å². The van der Waals surface area contributed by atoms with E-state index in [-0.39, 0.29) is 12.1 Å². The highest BCUT2D eigenvalue weighted by Crippen LogP contribution is 2.35. The molecule has 1 fully saturated rings. The van der Waals surface area contributed by atoms with Gasteiger partial charge in [-0.25, -0.2) is 9.59 Å². The summed E-state index contributed by atoms with van der Waals surface area (Å²) in [5.41, 5.74) is 2.84. The first-order chi connectivity index (χ1) is 13.1. The Morgan fingerprint density at radius 3 is 2.85 bits per heavy atom. The van der Waals surface area contributed by atoms with Gasteiger partial charge in [-0.1, -0.05) is 12.1 Å². The number of oxazole rings is 1.